The van der Waals surface area contributed by atoms with Crippen LogP contribution in [0.3, 0.4) is 0 Å². The molecule has 1 amide bonds. The average molecular weight is 450 g/mol. The van der Waals surface area contributed by atoms with Crippen molar-refractivity contribution in [1.29, 1.82) is 0 Å². The van der Waals surface area contributed by atoms with Crippen molar-refractivity contribution in [3.8, 4) is 0 Å². The molecule has 0 saturated carbocycles. The Kier molecular flexibility index (Phi) is 6.15. The minimum absolute atomic E-state index is 0.00405. The van der Waals surface area contributed by atoms with Gasteiger partial charge in [0.1, 0.15) is 0 Å². The van der Waals surface area contributed by atoms with Crippen molar-refractivity contribution in [2.24, 2.45) is 4.99 Å². The third kappa shape index (κ3) is 4.68. The SMILES string of the molecule is COCCn1c(=NC(=O)Cc2ccc([N+](=O)[O-])cc2)sc2cc(Br)ccc21. The Labute approximate surface area is 167 Å². The van der Waals surface area contributed by atoms with Crippen LogP contribution in [-0.2, 0) is 22.5 Å². The molecular weight excluding hydrogens is 434 g/mol. The summed E-state index contributed by atoms with van der Waals surface area (Å²) in [5.74, 6) is -0.305. The van der Waals surface area contributed by atoms with Gasteiger partial charge in [0.25, 0.3) is 11.6 Å². The second-order valence-electron chi connectivity index (χ2n) is 5.75. The van der Waals surface area contributed by atoms with Crippen molar-refractivity contribution in [3.05, 3.63) is 67.4 Å². The molecule has 0 unspecified atom stereocenters. The normalized spacial score (nSPS) is 11.9. The summed E-state index contributed by atoms with van der Waals surface area (Å²) >= 11 is 4.89. The number of carbonyl (C=O) groups is 1. The van der Waals surface area contributed by atoms with E-state index >= 15 is 0 Å². The Bertz CT molecular complexity index is 1060. The second kappa shape index (κ2) is 8.55. The molecule has 0 saturated heterocycles. The van der Waals surface area contributed by atoms with Gasteiger partial charge in [-0.05, 0) is 23.8 Å². The van der Waals surface area contributed by atoms with E-state index in [1.165, 1.54) is 23.5 Å². The predicted molar refractivity (Wildman–Crippen MR) is 107 cm³/mol. The molecule has 0 spiro atoms. The second-order valence-corrected chi connectivity index (χ2v) is 7.67. The molecule has 3 aromatic rings. The zero-order valence-corrected chi connectivity index (χ0v) is 16.8. The molecule has 0 aliphatic heterocycles. The number of ether oxygens (including phenoxy) is 1. The van der Waals surface area contributed by atoms with Gasteiger partial charge in [0.15, 0.2) is 4.80 Å². The molecule has 0 fully saturated rings. The van der Waals surface area contributed by atoms with Crippen LogP contribution in [0.5, 0.6) is 0 Å². The number of rotatable bonds is 6. The number of hydrogen-bond donors (Lipinski definition) is 0. The number of carbonyl (C=O) groups excluding carboxylic acids is 1. The summed E-state index contributed by atoms with van der Waals surface area (Å²) < 4.78 is 9.10. The molecule has 0 N–H and O–H groups in total. The number of amides is 1. The molecule has 7 nitrogen and oxygen atoms in total. The van der Waals surface area contributed by atoms with E-state index in [-0.39, 0.29) is 18.0 Å². The number of benzene rings is 2. The maximum atomic E-state index is 12.4. The summed E-state index contributed by atoms with van der Waals surface area (Å²) in [5, 5.41) is 10.7. The molecule has 0 radical (unpaired) electrons. The number of methoxy groups -OCH3 is 1. The van der Waals surface area contributed by atoms with Crippen LogP contribution >= 0.6 is 27.3 Å². The number of nitrogens with zero attached hydrogens (tertiary/aromatic N) is 3. The lowest BCUT2D eigenvalue weighted by Gasteiger charge is -2.04. The van der Waals surface area contributed by atoms with E-state index in [2.05, 4.69) is 20.9 Å². The predicted octanol–water partition coefficient (Wildman–Crippen LogP) is 3.69. The van der Waals surface area contributed by atoms with Crippen molar-refractivity contribution >= 4 is 49.1 Å². The van der Waals surface area contributed by atoms with Crippen LogP contribution in [0, 0.1) is 10.1 Å². The third-order valence-electron chi connectivity index (χ3n) is 3.89. The van der Waals surface area contributed by atoms with Gasteiger partial charge in [-0.25, -0.2) is 0 Å². The molecule has 3 rings (SSSR count). The topological polar surface area (TPSA) is 86.7 Å². The molecule has 2 aromatic carbocycles. The van der Waals surface area contributed by atoms with Gasteiger partial charge in [-0.2, -0.15) is 4.99 Å². The first-order chi connectivity index (χ1) is 13.0. The molecular formula is C18H16BrN3O4S. The van der Waals surface area contributed by atoms with E-state index in [0.29, 0.717) is 23.5 Å². The molecule has 1 aromatic heterocycles. The van der Waals surface area contributed by atoms with Gasteiger partial charge in [0.2, 0.25) is 0 Å². The standard InChI is InChI=1S/C18H16BrN3O4S/c1-26-9-8-21-15-7-4-13(19)11-16(15)27-18(21)20-17(23)10-12-2-5-14(6-3-12)22(24)25/h2-7,11H,8-10H2,1H3. The smallest absolute Gasteiger partial charge is 0.269 e. The molecule has 27 heavy (non-hydrogen) atoms. The fraction of sp³-hybridized carbons (Fsp3) is 0.222. The summed E-state index contributed by atoms with van der Waals surface area (Å²) in [6, 6.07) is 11.8. The Morgan fingerprint density at radius 2 is 2.04 bits per heavy atom. The zero-order valence-electron chi connectivity index (χ0n) is 14.4. The Morgan fingerprint density at radius 3 is 2.70 bits per heavy atom. The Hall–Kier alpha value is -2.36. The fourth-order valence-electron chi connectivity index (χ4n) is 2.59. The van der Waals surface area contributed by atoms with Crippen LogP contribution in [0.2, 0.25) is 0 Å². The lowest BCUT2D eigenvalue weighted by Crippen LogP contribution is -2.19. The highest BCUT2D eigenvalue weighted by molar-refractivity contribution is 9.10. The van der Waals surface area contributed by atoms with Crippen LogP contribution in [0.1, 0.15) is 5.56 Å². The number of hydrogen-bond acceptors (Lipinski definition) is 5. The molecule has 9 heteroatoms. The number of fused-ring (bicyclic) bond motifs is 1. The van der Waals surface area contributed by atoms with Gasteiger partial charge in [0.05, 0.1) is 28.2 Å². The number of non-ortho nitro benzene ring substituents is 1. The number of thiazole rings is 1. The first-order valence-corrected chi connectivity index (χ1v) is 9.67. The molecule has 0 aliphatic carbocycles. The van der Waals surface area contributed by atoms with Crippen LogP contribution in [0.15, 0.2) is 51.9 Å². The quantitative estimate of drug-likeness (QED) is 0.424. The monoisotopic (exact) mass is 449 g/mol. The van der Waals surface area contributed by atoms with Gasteiger partial charge in [0, 0.05) is 30.3 Å². The largest absolute Gasteiger partial charge is 0.383 e. The number of nitro benzene ring substituents is 1. The highest BCUT2D eigenvalue weighted by atomic mass is 79.9. The van der Waals surface area contributed by atoms with Crippen LogP contribution in [-0.4, -0.2) is 29.1 Å². The van der Waals surface area contributed by atoms with Gasteiger partial charge in [-0.15, -0.1) is 0 Å². The Morgan fingerprint density at radius 1 is 1.30 bits per heavy atom. The van der Waals surface area contributed by atoms with Crippen LogP contribution in [0.25, 0.3) is 10.2 Å². The average Bonchev–Trinajstić information content (AvgIpc) is 2.96. The van der Waals surface area contributed by atoms with Crippen molar-refractivity contribution in [1.82, 2.24) is 4.57 Å². The molecule has 140 valence electrons. The van der Waals surface area contributed by atoms with Gasteiger partial charge >= 0.3 is 0 Å². The highest BCUT2D eigenvalue weighted by Gasteiger charge is 2.10. The van der Waals surface area contributed by atoms with Crippen molar-refractivity contribution < 1.29 is 14.5 Å². The first-order valence-electron chi connectivity index (χ1n) is 8.06. The molecule has 0 bridgehead atoms. The molecule has 1 heterocycles. The van der Waals surface area contributed by atoms with E-state index in [9.17, 15) is 14.9 Å². The van der Waals surface area contributed by atoms with E-state index in [1.807, 2.05) is 22.8 Å². The third-order valence-corrected chi connectivity index (χ3v) is 5.42. The van der Waals surface area contributed by atoms with Crippen molar-refractivity contribution in [3.63, 3.8) is 0 Å². The maximum Gasteiger partial charge on any atom is 0.269 e. The van der Waals surface area contributed by atoms with Crippen molar-refractivity contribution in [2.45, 2.75) is 13.0 Å². The highest BCUT2D eigenvalue weighted by Crippen LogP contribution is 2.22. The lowest BCUT2D eigenvalue weighted by molar-refractivity contribution is -0.384. The van der Waals surface area contributed by atoms with Crippen LogP contribution < -0.4 is 4.80 Å². The number of aromatic nitrogens is 1. The summed E-state index contributed by atoms with van der Waals surface area (Å²) in [6.45, 7) is 1.09. The maximum absolute atomic E-state index is 12.4. The lowest BCUT2D eigenvalue weighted by atomic mass is 10.1. The van der Waals surface area contributed by atoms with E-state index in [4.69, 9.17) is 4.74 Å². The van der Waals surface area contributed by atoms with Gasteiger partial charge in [-0.3, -0.25) is 14.9 Å². The van der Waals surface area contributed by atoms with E-state index < -0.39 is 4.92 Å². The summed E-state index contributed by atoms with van der Waals surface area (Å²) in [4.78, 5) is 27.5. The zero-order chi connectivity index (χ0) is 19.4. The molecule has 0 aliphatic rings. The summed E-state index contributed by atoms with van der Waals surface area (Å²) in [5.41, 5.74) is 1.67. The van der Waals surface area contributed by atoms with E-state index in [1.54, 1.807) is 19.2 Å². The minimum Gasteiger partial charge on any atom is -0.383 e. The van der Waals surface area contributed by atoms with Gasteiger partial charge < -0.3 is 9.30 Å². The number of nitro groups is 1. The molecule has 0 atom stereocenters. The summed E-state index contributed by atoms with van der Waals surface area (Å²) in [7, 11) is 1.63. The fourth-order valence-corrected chi connectivity index (χ4v) is 4.21. The minimum atomic E-state index is -0.468. The van der Waals surface area contributed by atoms with Gasteiger partial charge in [-0.1, -0.05) is 39.4 Å². The van der Waals surface area contributed by atoms with Crippen LogP contribution in [0.4, 0.5) is 5.69 Å². The summed E-state index contributed by atoms with van der Waals surface area (Å²) in [6.07, 6.45) is 0.0835. The van der Waals surface area contributed by atoms with Crippen molar-refractivity contribution in [2.75, 3.05) is 13.7 Å². The number of halogens is 1. The Balaban J connectivity index is 1.91. The first kappa shape index (κ1) is 19.4. The van der Waals surface area contributed by atoms with E-state index in [0.717, 1.165) is 14.7 Å².